The van der Waals surface area contributed by atoms with Gasteiger partial charge in [0.25, 0.3) is 0 Å². The Labute approximate surface area is 72.4 Å². The zero-order valence-corrected chi connectivity index (χ0v) is 6.67. The van der Waals surface area contributed by atoms with E-state index in [1.165, 1.54) is 0 Å². The van der Waals surface area contributed by atoms with Crippen LogP contribution in [0.15, 0.2) is 0 Å². The maximum absolute atomic E-state index is 12.1. The van der Waals surface area contributed by atoms with E-state index in [2.05, 4.69) is 0 Å². The Hall–Kier alpha value is -0.820. The van der Waals surface area contributed by atoms with E-state index in [-0.39, 0.29) is 18.1 Å². The van der Waals surface area contributed by atoms with Crippen LogP contribution in [0.1, 0.15) is 0 Å². The Kier molecular flexibility index (Phi) is 2.77. The number of alkyl halides is 3. The van der Waals surface area contributed by atoms with Crippen molar-refractivity contribution in [2.75, 3.05) is 19.7 Å². The number of carbonyl (C=O) groups excluding carboxylic acids is 1. The van der Waals surface area contributed by atoms with Gasteiger partial charge in [-0.15, -0.1) is 0 Å². The fourth-order valence-corrected chi connectivity index (χ4v) is 1.05. The quantitative estimate of drug-likeness (QED) is 0.588. The second-order valence-electron chi connectivity index (χ2n) is 2.68. The summed E-state index contributed by atoms with van der Waals surface area (Å²) in [6.07, 6.45) is -5.58. The lowest BCUT2D eigenvalue weighted by Gasteiger charge is -2.32. The van der Waals surface area contributed by atoms with Crippen LogP contribution in [0.2, 0.25) is 0 Å². The third-order valence-electron chi connectivity index (χ3n) is 1.74. The molecule has 0 aromatic rings. The van der Waals surface area contributed by atoms with Gasteiger partial charge in [-0.2, -0.15) is 13.2 Å². The van der Waals surface area contributed by atoms with Crippen molar-refractivity contribution in [1.82, 2.24) is 4.90 Å². The molecule has 1 amide bonds. The minimum Gasteiger partial charge on any atom is -0.367 e. The highest BCUT2D eigenvalue weighted by atomic mass is 19.4. The van der Waals surface area contributed by atoms with Crippen LogP contribution in [-0.4, -0.2) is 42.9 Å². The molecular weight excluding hydrogens is 189 g/mol. The Bertz CT molecular complexity index is 207. The molecule has 1 heterocycles. The molecule has 1 aliphatic heterocycles. The molecule has 1 unspecified atom stereocenters. The average Bonchev–Trinajstić information content (AvgIpc) is 2.03. The molecule has 2 N–H and O–H groups in total. The van der Waals surface area contributed by atoms with Gasteiger partial charge < -0.3 is 10.5 Å². The Morgan fingerprint density at radius 2 is 2.15 bits per heavy atom. The predicted molar refractivity (Wildman–Crippen MR) is 36.6 cm³/mol. The first-order chi connectivity index (χ1) is 5.91. The van der Waals surface area contributed by atoms with Crippen LogP contribution in [-0.2, 0) is 9.53 Å². The number of morpholine rings is 1. The van der Waals surface area contributed by atoms with Crippen molar-refractivity contribution in [2.45, 2.75) is 12.4 Å². The Morgan fingerprint density at radius 1 is 1.54 bits per heavy atom. The van der Waals surface area contributed by atoms with Gasteiger partial charge in [-0.3, -0.25) is 4.79 Å². The third-order valence-corrected chi connectivity index (χ3v) is 1.74. The van der Waals surface area contributed by atoms with Gasteiger partial charge in [0.1, 0.15) is 6.10 Å². The second kappa shape index (κ2) is 3.51. The Balaban J connectivity index is 2.57. The minimum absolute atomic E-state index is 0.132. The van der Waals surface area contributed by atoms with Gasteiger partial charge in [-0.1, -0.05) is 0 Å². The maximum atomic E-state index is 12.1. The number of rotatable bonds is 1. The molecule has 0 radical (unpaired) electrons. The van der Waals surface area contributed by atoms with Crippen LogP contribution in [0.4, 0.5) is 13.2 Å². The van der Waals surface area contributed by atoms with Crippen LogP contribution < -0.4 is 5.73 Å². The molecule has 7 heteroatoms. The van der Waals surface area contributed by atoms with E-state index >= 15 is 0 Å². The van der Waals surface area contributed by atoms with Gasteiger partial charge >= 0.3 is 6.30 Å². The minimum atomic E-state index is -4.42. The van der Waals surface area contributed by atoms with Crippen LogP contribution in [0.5, 0.6) is 0 Å². The van der Waals surface area contributed by atoms with Crippen molar-refractivity contribution in [1.29, 1.82) is 0 Å². The van der Waals surface area contributed by atoms with Gasteiger partial charge in [-0.05, 0) is 0 Å². The summed E-state index contributed by atoms with van der Waals surface area (Å²) in [5.74, 6) is -0.867. The lowest BCUT2D eigenvalue weighted by molar-refractivity contribution is -0.265. The highest BCUT2D eigenvalue weighted by molar-refractivity contribution is 5.79. The number of carbonyl (C=O) groups is 1. The van der Waals surface area contributed by atoms with Crippen LogP contribution in [0.3, 0.4) is 0 Å². The lowest BCUT2D eigenvalue weighted by Crippen LogP contribution is -2.53. The summed E-state index contributed by atoms with van der Waals surface area (Å²) < 4.78 is 41.0. The first-order valence-corrected chi connectivity index (χ1v) is 3.64. The molecule has 1 rings (SSSR count). The van der Waals surface area contributed by atoms with E-state index in [1.807, 2.05) is 0 Å². The highest BCUT2D eigenvalue weighted by Gasteiger charge is 2.41. The fraction of sp³-hybridized carbons (Fsp3) is 0.833. The monoisotopic (exact) mass is 198 g/mol. The topological polar surface area (TPSA) is 55.6 Å². The number of ether oxygens (including phenoxy) is 1. The molecule has 1 aliphatic rings. The summed E-state index contributed by atoms with van der Waals surface area (Å²) in [5.41, 5.74) is 4.81. The van der Waals surface area contributed by atoms with Gasteiger partial charge in [0.15, 0.2) is 0 Å². The van der Waals surface area contributed by atoms with Crippen molar-refractivity contribution in [2.24, 2.45) is 5.73 Å². The van der Waals surface area contributed by atoms with E-state index < -0.39 is 24.9 Å². The maximum Gasteiger partial charge on any atom is 0.460 e. The average molecular weight is 198 g/mol. The largest absolute Gasteiger partial charge is 0.460 e. The van der Waals surface area contributed by atoms with Crippen LogP contribution >= 0.6 is 0 Å². The molecule has 13 heavy (non-hydrogen) atoms. The molecule has 0 aromatic carbocycles. The predicted octanol–water partition coefficient (Wildman–Crippen LogP) is -0.308. The summed E-state index contributed by atoms with van der Waals surface area (Å²) in [7, 11) is 0. The number of nitrogens with zero attached hydrogens (tertiary/aromatic N) is 1. The van der Waals surface area contributed by atoms with Gasteiger partial charge in [0, 0.05) is 13.1 Å². The highest BCUT2D eigenvalue weighted by Crippen LogP contribution is 2.23. The molecule has 76 valence electrons. The lowest BCUT2D eigenvalue weighted by atomic mass is 10.3. The van der Waals surface area contributed by atoms with E-state index in [4.69, 9.17) is 10.5 Å². The zero-order chi connectivity index (χ0) is 10.1. The Morgan fingerprint density at radius 3 is 2.62 bits per heavy atom. The van der Waals surface area contributed by atoms with Crippen molar-refractivity contribution >= 4 is 5.91 Å². The van der Waals surface area contributed by atoms with Crippen LogP contribution in [0.25, 0.3) is 0 Å². The molecule has 1 atom stereocenters. The van der Waals surface area contributed by atoms with Crippen molar-refractivity contribution < 1.29 is 22.7 Å². The first-order valence-electron chi connectivity index (χ1n) is 3.64. The molecule has 4 nitrogen and oxygen atoms in total. The molecule has 1 fully saturated rings. The number of nitrogens with two attached hydrogens (primary N) is 1. The molecule has 0 spiro atoms. The molecule has 0 aromatic heterocycles. The summed E-state index contributed by atoms with van der Waals surface area (Å²) in [5, 5.41) is 0. The van der Waals surface area contributed by atoms with Gasteiger partial charge in [0.05, 0.1) is 6.61 Å². The number of halogens is 3. The number of hydrogen-bond donors (Lipinski definition) is 1. The van der Waals surface area contributed by atoms with Crippen LogP contribution in [0, 0.1) is 0 Å². The summed E-state index contributed by atoms with van der Waals surface area (Å²) in [6.45, 7) is -0.904. The van der Waals surface area contributed by atoms with Gasteiger partial charge in [-0.25, -0.2) is 4.90 Å². The van der Waals surface area contributed by atoms with Gasteiger partial charge in [0.2, 0.25) is 5.91 Å². The summed E-state index contributed by atoms with van der Waals surface area (Å²) >= 11 is 0. The van der Waals surface area contributed by atoms with Crippen molar-refractivity contribution in [3.63, 3.8) is 0 Å². The second-order valence-corrected chi connectivity index (χ2v) is 2.68. The summed E-state index contributed by atoms with van der Waals surface area (Å²) in [6, 6.07) is 0. The molecule has 0 aliphatic carbocycles. The normalized spacial score (nSPS) is 25.9. The molecule has 0 bridgehead atoms. The third kappa shape index (κ3) is 2.56. The van der Waals surface area contributed by atoms with E-state index in [1.54, 1.807) is 0 Å². The molecule has 1 saturated heterocycles. The SMILES string of the molecule is NC(=O)C1CN(C(F)(F)F)CCO1. The van der Waals surface area contributed by atoms with E-state index in [0.717, 1.165) is 0 Å². The van der Waals surface area contributed by atoms with Crippen molar-refractivity contribution in [3.05, 3.63) is 0 Å². The number of primary amides is 1. The van der Waals surface area contributed by atoms with Crippen molar-refractivity contribution in [3.8, 4) is 0 Å². The summed E-state index contributed by atoms with van der Waals surface area (Å²) in [4.78, 5) is 10.7. The van der Waals surface area contributed by atoms with E-state index in [9.17, 15) is 18.0 Å². The first kappa shape index (κ1) is 10.3. The zero-order valence-electron chi connectivity index (χ0n) is 6.67. The molecule has 0 saturated carbocycles. The van der Waals surface area contributed by atoms with E-state index in [0.29, 0.717) is 0 Å². The smallest absolute Gasteiger partial charge is 0.367 e. The fourth-order valence-electron chi connectivity index (χ4n) is 1.05. The molecular formula is C6H9F3N2O2. The number of hydrogen-bond acceptors (Lipinski definition) is 3. The standard InChI is InChI=1S/C6H9F3N2O2/c7-6(8,9)11-1-2-13-4(3-11)5(10)12/h4H,1-3H2,(H2,10,12). The number of amides is 1.